The first-order chi connectivity index (χ1) is 7.09. The number of rotatable bonds is 3. The van der Waals surface area contributed by atoms with Crippen LogP contribution in [0, 0.1) is 11.8 Å². The third-order valence-corrected chi connectivity index (χ3v) is 3.94. The van der Waals surface area contributed by atoms with Crippen LogP contribution in [0.3, 0.4) is 0 Å². The summed E-state index contributed by atoms with van der Waals surface area (Å²) < 4.78 is 0. The topological polar surface area (TPSA) is 60.8 Å². The maximum absolute atomic E-state index is 10.8. The van der Waals surface area contributed by atoms with E-state index in [0.29, 0.717) is 12.3 Å². The molecule has 3 atom stereocenters. The summed E-state index contributed by atoms with van der Waals surface area (Å²) >= 11 is 0. The number of nitrogens with zero attached hydrogens (tertiary/aromatic N) is 1. The van der Waals surface area contributed by atoms with Crippen molar-refractivity contribution in [3.63, 3.8) is 0 Å². The molecule has 3 aliphatic heterocycles. The van der Waals surface area contributed by atoms with Crippen LogP contribution in [0.25, 0.3) is 0 Å². The summed E-state index contributed by atoms with van der Waals surface area (Å²) in [5.74, 6) is -0.713. The van der Waals surface area contributed by atoms with Crippen molar-refractivity contribution in [1.29, 1.82) is 0 Å². The normalized spacial score (nSPS) is 41.5. The van der Waals surface area contributed by atoms with Crippen LogP contribution in [0.15, 0.2) is 0 Å². The Morgan fingerprint density at radius 1 is 1.47 bits per heavy atom. The lowest BCUT2D eigenvalue weighted by molar-refractivity contribution is -0.143. The van der Waals surface area contributed by atoms with Crippen molar-refractivity contribution in [2.75, 3.05) is 13.1 Å². The van der Waals surface area contributed by atoms with Crippen LogP contribution in [-0.2, 0) is 4.79 Å². The molecule has 0 saturated carbocycles. The maximum Gasteiger partial charge on any atom is 0.306 e. The van der Waals surface area contributed by atoms with Gasteiger partial charge in [-0.1, -0.05) is 6.92 Å². The second-order valence-corrected chi connectivity index (χ2v) is 4.91. The number of hydrogen-bond donors (Lipinski definition) is 2. The summed E-state index contributed by atoms with van der Waals surface area (Å²) in [7, 11) is 0. The van der Waals surface area contributed by atoms with E-state index in [4.69, 9.17) is 5.11 Å². The predicted molar refractivity (Wildman–Crippen MR) is 55.5 cm³/mol. The molecular weight excluding hydrogens is 194 g/mol. The molecule has 0 radical (unpaired) electrons. The van der Waals surface area contributed by atoms with E-state index in [1.54, 1.807) is 6.92 Å². The van der Waals surface area contributed by atoms with Crippen LogP contribution in [0.1, 0.15) is 26.2 Å². The minimum absolute atomic E-state index is 0.0728. The van der Waals surface area contributed by atoms with Gasteiger partial charge in [-0.05, 0) is 38.3 Å². The van der Waals surface area contributed by atoms with Crippen LogP contribution in [0.4, 0.5) is 0 Å². The lowest BCUT2D eigenvalue weighted by atomic mass is 9.78. The SMILES string of the molecule is CC(C[C@H]1[C@@H](O)C2CCN1CC2)C(=O)O. The zero-order valence-electron chi connectivity index (χ0n) is 9.09. The van der Waals surface area contributed by atoms with Crippen LogP contribution in [0.2, 0.25) is 0 Å². The lowest BCUT2D eigenvalue weighted by Gasteiger charge is -2.49. The van der Waals surface area contributed by atoms with E-state index in [2.05, 4.69) is 4.90 Å². The summed E-state index contributed by atoms with van der Waals surface area (Å²) in [6.45, 7) is 3.77. The average Bonchev–Trinajstić information content (AvgIpc) is 2.23. The Morgan fingerprint density at radius 2 is 2.07 bits per heavy atom. The van der Waals surface area contributed by atoms with Gasteiger partial charge in [0.25, 0.3) is 0 Å². The maximum atomic E-state index is 10.8. The molecule has 4 nitrogen and oxygen atoms in total. The van der Waals surface area contributed by atoms with Gasteiger partial charge in [0.05, 0.1) is 12.0 Å². The molecule has 3 rings (SSSR count). The summed E-state index contributed by atoms with van der Waals surface area (Å²) in [5.41, 5.74) is 0. The van der Waals surface area contributed by atoms with Gasteiger partial charge in [0.2, 0.25) is 0 Å². The van der Waals surface area contributed by atoms with Crippen LogP contribution < -0.4 is 0 Å². The minimum atomic E-state index is -0.759. The zero-order valence-corrected chi connectivity index (χ0v) is 9.09. The first-order valence-electron chi connectivity index (χ1n) is 5.74. The molecule has 2 bridgehead atoms. The molecule has 0 aromatic carbocycles. The molecule has 0 amide bonds. The highest BCUT2D eigenvalue weighted by Crippen LogP contribution is 2.34. The van der Waals surface area contributed by atoms with E-state index in [9.17, 15) is 9.90 Å². The van der Waals surface area contributed by atoms with Gasteiger partial charge in [-0.25, -0.2) is 0 Å². The van der Waals surface area contributed by atoms with E-state index in [1.165, 1.54) is 0 Å². The van der Waals surface area contributed by atoms with Crippen molar-refractivity contribution in [2.24, 2.45) is 11.8 Å². The predicted octanol–water partition coefficient (Wildman–Crippen LogP) is 0.552. The Labute approximate surface area is 89.9 Å². The minimum Gasteiger partial charge on any atom is -0.481 e. The fourth-order valence-electron chi connectivity index (χ4n) is 2.87. The highest BCUT2D eigenvalue weighted by molar-refractivity contribution is 5.69. The molecule has 15 heavy (non-hydrogen) atoms. The summed E-state index contributed by atoms with van der Waals surface area (Å²) in [4.78, 5) is 13.0. The van der Waals surface area contributed by atoms with Gasteiger partial charge < -0.3 is 10.2 Å². The fraction of sp³-hybridized carbons (Fsp3) is 0.909. The number of piperidine rings is 3. The van der Waals surface area contributed by atoms with Gasteiger partial charge in [-0.15, -0.1) is 0 Å². The third kappa shape index (κ3) is 2.01. The smallest absolute Gasteiger partial charge is 0.306 e. The zero-order chi connectivity index (χ0) is 11.0. The Bertz CT molecular complexity index is 246. The number of aliphatic hydroxyl groups excluding tert-OH is 1. The first kappa shape index (κ1) is 10.9. The second-order valence-electron chi connectivity index (χ2n) is 4.91. The average molecular weight is 213 g/mol. The van der Waals surface area contributed by atoms with Crippen LogP contribution >= 0.6 is 0 Å². The highest BCUT2D eigenvalue weighted by atomic mass is 16.4. The summed E-state index contributed by atoms with van der Waals surface area (Å²) in [6, 6.07) is 0.0728. The lowest BCUT2D eigenvalue weighted by Crippen LogP contribution is -2.58. The quantitative estimate of drug-likeness (QED) is 0.719. The monoisotopic (exact) mass is 213 g/mol. The molecule has 0 spiro atoms. The number of carboxylic acid groups (broad SMARTS) is 1. The number of aliphatic hydroxyl groups is 1. The van der Waals surface area contributed by atoms with Gasteiger partial charge in [-0.3, -0.25) is 9.69 Å². The molecule has 3 saturated heterocycles. The van der Waals surface area contributed by atoms with E-state index >= 15 is 0 Å². The summed E-state index contributed by atoms with van der Waals surface area (Å²) in [5, 5.41) is 18.9. The van der Waals surface area contributed by atoms with E-state index < -0.39 is 5.97 Å². The van der Waals surface area contributed by atoms with E-state index in [1.807, 2.05) is 0 Å². The van der Waals surface area contributed by atoms with E-state index in [0.717, 1.165) is 25.9 Å². The standard InChI is InChI=1S/C11H19NO3/c1-7(11(14)15)6-9-10(13)8-2-4-12(9)5-3-8/h7-10,13H,2-6H2,1H3,(H,14,15)/t7?,9-,10-/m0/s1. The number of carbonyl (C=O) groups is 1. The van der Waals surface area contributed by atoms with Crippen molar-refractivity contribution in [3.8, 4) is 0 Å². The van der Waals surface area contributed by atoms with E-state index in [-0.39, 0.29) is 18.1 Å². The molecule has 0 aromatic rings. The van der Waals surface area contributed by atoms with Gasteiger partial charge in [0.15, 0.2) is 0 Å². The Kier molecular flexibility index (Phi) is 2.98. The molecule has 3 aliphatic rings. The number of hydrogen-bond acceptors (Lipinski definition) is 3. The number of fused-ring (bicyclic) bond motifs is 3. The van der Waals surface area contributed by atoms with Crippen molar-refractivity contribution in [1.82, 2.24) is 4.90 Å². The molecular formula is C11H19NO3. The Hall–Kier alpha value is -0.610. The molecule has 0 aromatic heterocycles. The largest absolute Gasteiger partial charge is 0.481 e. The van der Waals surface area contributed by atoms with Crippen molar-refractivity contribution in [2.45, 2.75) is 38.3 Å². The van der Waals surface area contributed by atoms with Gasteiger partial charge >= 0.3 is 5.97 Å². The molecule has 3 fully saturated rings. The number of carboxylic acids is 1. The second kappa shape index (κ2) is 4.10. The van der Waals surface area contributed by atoms with Crippen molar-refractivity contribution < 1.29 is 15.0 Å². The first-order valence-corrected chi connectivity index (χ1v) is 5.74. The highest BCUT2D eigenvalue weighted by Gasteiger charge is 2.41. The van der Waals surface area contributed by atoms with Gasteiger partial charge in [0.1, 0.15) is 0 Å². The van der Waals surface area contributed by atoms with Crippen molar-refractivity contribution in [3.05, 3.63) is 0 Å². The van der Waals surface area contributed by atoms with Crippen LogP contribution in [-0.4, -0.2) is 46.3 Å². The number of aliphatic carboxylic acids is 1. The fourth-order valence-corrected chi connectivity index (χ4v) is 2.87. The molecule has 0 aliphatic carbocycles. The molecule has 3 heterocycles. The Balaban J connectivity index is 1.99. The Morgan fingerprint density at radius 3 is 2.53 bits per heavy atom. The molecule has 2 N–H and O–H groups in total. The van der Waals surface area contributed by atoms with Crippen molar-refractivity contribution >= 4 is 5.97 Å². The third-order valence-electron chi connectivity index (χ3n) is 3.94. The summed E-state index contributed by atoms with van der Waals surface area (Å²) in [6.07, 6.45) is 2.40. The van der Waals surface area contributed by atoms with Gasteiger partial charge in [-0.2, -0.15) is 0 Å². The van der Waals surface area contributed by atoms with Gasteiger partial charge in [0, 0.05) is 6.04 Å². The molecule has 4 heteroatoms. The molecule has 86 valence electrons. The molecule has 1 unspecified atom stereocenters. The van der Waals surface area contributed by atoms with Crippen LogP contribution in [0.5, 0.6) is 0 Å².